The van der Waals surface area contributed by atoms with Gasteiger partial charge in [-0.25, -0.2) is 4.79 Å². The highest BCUT2D eigenvalue weighted by molar-refractivity contribution is 5.67. The molecule has 0 aromatic rings. The molecule has 5 heteroatoms. The molecule has 5 nitrogen and oxygen atoms in total. The van der Waals surface area contributed by atoms with Crippen LogP contribution in [0.3, 0.4) is 0 Å². The maximum Gasteiger partial charge on any atom is 0.409 e. The van der Waals surface area contributed by atoms with Crippen molar-refractivity contribution in [3.05, 3.63) is 0 Å². The van der Waals surface area contributed by atoms with Crippen LogP contribution in [0.15, 0.2) is 0 Å². The molecule has 0 aromatic carbocycles. The lowest BCUT2D eigenvalue weighted by Gasteiger charge is -2.19. The second-order valence-electron chi connectivity index (χ2n) is 2.44. The van der Waals surface area contributed by atoms with E-state index in [0.717, 1.165) is 0 Å². The number of hydrogen-bond acceptors (Lipinski definition) is 4. The molecule has 0 saturated carbocycles. The van der Waals surface area contributed by atoms with Crippen molar-refractivity contribution in [3.8, 4) is 0 Å². The topological polar surface area (TPSA) is 48.0 Å². The summed E-state index contributed by atoms with van der Waals surface area (Å²) < 4.78 is 14.3. The van der Waals surface area contributed by atoms with Gasteiger partial charge in [0, 0.05) is 27.3 Å². The Labute approximate surface area is 78.6 Å². The summed E-state index contributed by atoms with van der Waals surface area (Å²) in [6, 6.07) is 0. The van der Waals surface area contributed by atoms with Gasteiger partial charge >= 0.3 is 6.09 Å². The van der Waals surface area contributed by atoms with Gasteiger partial charge in [-0.05, 0) is 0 Å². The Morgan fingerprint density at radius 1 is 1.08 bits per heavy atom. The number of rotatable bonds is 6. The van der Waals surface area contributed by atoms with Crippen molar-refractivity contribution in [1.82, 2.24) is 4.90 Å². The molecule has 0 saturated heterocycles. The van der Waals surface area contributed by atoms with E-state index in [1.165, 1.54) is 12.0 Å². The summed E-state index contributed by atoms with van der Waals surface area (Å²) in [7, 11) is 4.53. The largest absolute Gasteiger partial charge is 0.453 e. The van der Waals surface area contributed by atoms with Crippen molar-refractivity contribution in [2.45, 2.75) is 0 Å². The first-order valence-electron chi connectivity index (χ1n) is 4.07. The van der Waals surface area contributed by atoms with Gasteiger partial charge in [0.25, 0.3) is 0 Å². The van der Waals surface area contributed by atoms with Crippen LogP contribution in [-0.4, -0.2) is 58.6 Å². The van der Waals surface area contributed by atoms with Crippen LogP contribution in [0.5, 0.6) is 0 Å². The zero-order chi connectivity index (χ0) is 10.1. The Kier molecular flexibility index (Phi) is 7.33. The first kappa shape index (κ1) is 12.2. The van der Waals surface area contributed by atoms with Crippen LogP contribution in [0.2, 0.25) is 0 Å². The highest BCUT2D eigenvalue weighted by atomic mass is 16.5. The summed E-state index contributed by atoms with van der Waals surface area (Å²) >= 11 is 0. The number of carbonyl (C=O) groups is 1. The molecule has 0 aliphatic heterocycles. The van der Waals surface area contributed by atoms with Crippen LogP contribution < -0.4 is 0 Å². The maximum absolute atomic E-state index is 11.1. The third-order valence-electron chi connectivity index (χ3n) is 1.56. The zero-order valence-corrected chi connectivity index (χ0v) is 8.41. The van der Waals surface area contributed by atoms with E-state index in [1.807, 2.05) is 0 Å². The predicted octanol–water partition coefficient (Wildman–Crippen LogP) is 0.348. The third kappa shape index (κ3) is 5.43. The molecule has 0 atom stereocenters. The van der Waals surface area contributed by atoms with Gasteiger partial charge in [0.05, 0.1) is 20.3 Å². The molecule has 0 bridgehead atoms. The van der Waals surface area contributed by atoms with Gasteiger partial charge in [-0.3, -0.25) is 0 Å². The SMILES string of the molecule is COCCN(CCOC)C(=O)OC. The van der Waals surface area contributed by atoms with Crippen LogP contribution in [0, 0.1) is 0 Å². The minimum absolute atomic E-state index is 0.353. The fraction of sp³-hybridized carbons (Fsp3) is 0.875. The van der Waals surface area contributed by atoms with Crippen LogP contribution in [0.1, 0.15) is 0 Å². The van der Waals surface area contributed by atoms with Gasteiger partial charge in [-0.1, -0.05) is 0 Å². The molecule has 0 spiro atoms. The van der Waals surface area contributed by atoms with E-state index >= 15 is 0 Å². The highest BCUT2D eigenvalue weighted by Crippen LogP contribution is 1.92. The quantitative estimate of drug-likeness (QED) is 0.607. The summed E-state index contributed by atoms with van der Waals surface area (Å²) in [5, 5.41) is 0. The summed E-state index contributed by atoms with van der Waals surface area (Å²) in [6.45, 7) is 2.04. The molecular formula is C8H17NO4. The summed E-state index contributed by atoms with van der Waals surface area (Å²) in [5.74, 6) is 0. The third-order valence-corrected chi connectivity index (χ3v) is 1.56. The Hall–Kier alpha value is -0.810. The van der Waals surface area contributed by atoms with Crippen molar-refractivity contribution in [2.75, 3.05) is 47.6 Å². The lowest BCUT2D eigenvalue weighted by atomic mass is 10.5. The number of hydrogen-bond donors (Lipinski definition) is 0. The monoisotopic (exact) mass is 191 g/mol. The molecule has 78 valence electrons. The van der Waals surface area contributed by atoms with Crippen LogP contribution >= 0.6 is 0 Å². The molecule has 0 aromatic heterocycles. The highest BCUT2D eigenvalue weighted by Gasteiger charge is 2.11. The molecule has 0 heterocycles. The van der Waals surface area contributed by atoms with Gasteiger partial charge < -0.3 is 19.1 Å². The molecular weight excluding hydrogens is 174 g/mol. The molecule has 0 aliphatic carbocycles. The Balaban J connectivity index is 3.79. The normalized spacial score (nSPS) is 9.77. The van der Waals surface area contributed by atoms with Crippen molar-refractivity contribution < 1.29 is 19.0 Å². The van der Waals surface area contributed by atoms with Crippen LogP contribution in [0.4, 0.5) is 4.79 Å². The minimum Gasteiger partial charge on any atom is -0.453 e. The Morgan fingerprint density at radius 2 is 1.54 bits per heavy atom. The van der Waals surface area contributed by atoms with Crippen molar-refractivity contribution in [1.29, 1.82) is 0 Å². The molecule has 0 rings (SSSR count). The lowest BCUT2D eigenvalue weighted by Crippen LogP contribution is -2.36. The number of methoxy groups -OCH3 is 3. The maximum atomic E-state index is 11.1. The van der Waals surface area contributed by atoms with E-state index in [2.05, 4.69) is 4.74 Å². The fourth-order valence-corrected chi connectivity index (χ4v) is 0.826. The van der Waals surface area contributed by atoms with E-state index < -0.39 is 0 Å². The molecule has 0 aliphatic rings. The second kappa shape index (κ2) is 7.82. The average molecular weight is 191 g/mol. The number of amides is 1. The Bertz CT molecular complexity index is 132. The van der Waals surface area contributed by atoms with Gasteiger partial charge in [0.1, 0.15) is 0 Å². The van der Waals surface area contributed by atoms with E-state index in [9.17, 15) is 4.79 Å². The van der Waals surface area contributed by atoms with Crippen molar-refractivity contribution in [2.24, 2.45) is 0 Å². The molecule has 0 radical (unpaired) electrons. The van der Waals surface area contributed by atoms with E-state index in [1.54, 1.807) is 14.2 Å². The summed E-state index contributed by atoms with van der Waals surface area (Å²) in [6.07, 6.45) is -0.353. The van der Waals surface area contributed by atoms with Gasteiger partial charge in [0.2, 0.25) is 0 Å². The first-order valence-corrected chi connectivity index (χ1v) is 4.07. The Morgan fingerprint density at radius 3 is 1.85 bits per heavy atom. The van der Waals surface area contributed by atoms with Gasteiger partial charge in [-0.2, -0.15) is 0 Å². The summed E-state index contributed by atoms with van der Waals surface area (Å²) in [5.41, 5.74) is 0. The number of carbonyl (C=O) groups excluding carboxylic acids is 1. The molecule has 0 N–H and O–H groups in total. The number of ether oxygens (including phenoxy) is 3. The summed E-state index contributed by atoms with van der Waals surface area (Å²) in [4.78, 5) is 12.7. The van der Waals surface area contributed by atoms with E-state index in [0.29, 0.717) is 26.3 Å². The molecule has 13 heavy (non-hydrogen) atoms. The van der Waals surface area contributed by atoms with Crippen LogP contribution in [-0.2, 0) is 14.2 Å². The van der Waals surface area contributed by atoms with E-state index in [4.69, 9.17) is 9.47 Å². The smallest absolute Gasteiger partial charge is 0.409 e. The standard InChI is InChI=1S/C8H17NO4/c1-11-6-4-9(5-7-12-2)8(10)13-3/h4-7H2,1-3H3. The molecule has 1 amide bonds. The first-order chi connectivity index (χ1) is 6.26. The van der Waals surface area contributed by atoms with E-state index in [-0.39, 0.29) is 6.09 Å². The van der Waals surface area contributed by atoms with Gasteiger partial charge in [-0.15, -0.1) is 0 Å². The van der Waals surface area contributed by atoms with Crippen molar-refractivity contribution in [3.63, 3.8) is 0 Å². The lowest BCUT2D eigenvalue weighted by molar-refractivity contribution is 0.0862. The van der Waals surface area contributed by atoms with Crippen molar-refractivity contribution >= 4 is 6.09 Å². The molecule has 0 fully saturated rings. The molecule has 0 unspecified atom stereocenters. The number of nitrogens with zero attached hydrogens (tertiary/aromatic N) is 1. The van der Waals surface area contributed by atoms with Gasteiger partial charge in [0.15, 0.2) is 0 Å². The predicted molar refractivity (Wildman–Crippen MR) is 47.7 cm³/mol. The minimum atomic E-state index is -0.353. The second-order valence-corrected chi connectivity index (χ2v) is 2.44. The van der Waals surface area contributed by atoms with Crippen LogP contribution in [0.25, 0.3) is 0 Å². The average Bonchev–Trinajstić information content (AvgIpc) is 2.17. The fourth-order valence-electron chi connectivity index (χ4n) is 0.826. The zero-order valence-electron chi connectivity index (χ0n) is 8.41.